The first-order valence-electron chi connectivity index (χ1n) is 9.43. The lowest BCUT2D eigenvalue weighted by molar-refractivity contribution is -0.122. The molecule has 1 fully saturated rings. The summed E-state index contributed by atoms with van der Waals surface area (Å²) in [5.74, 6) is -0.459. The molecule has 27 heavy (non-hydrogen) atoms. The molecule has 1 atom stereocenters. The van der Waals surface area contributed by atoms with Crippen LogP contribution in [0.2, 0.25) is 0 Å². The lowest BCUT2D eigenvalue weighted by Gasteiger charge is -2.37. The molecule has 6 heteroatoms. The monoisotopic (exact) mass is 363 g/mol. The average Bonchev–Trinajstić information content (AvgIpc) is 3.18. The Kier molecular flexibility index (Phi) is 5.07. The number of piperazine rings is 1. The van der Waals surface area contributed by atoms with Crippen molar-refractivity contribution >= 4 is 22.5 Å². The second-order valence-corrected chi connectivity index (χ2v) is 7.13. The van der Waals surface area contributed by atoms with E-state index in [0.717, 1.165) is 31.9 Å². The van der Waals surface area contributed by atoms with Crippen LogP contribution < -0.4 is 10.6 Å². The molecule has 0 bridgehead atoms. The number of aromatic nitrogens is 2. The second-order valence-electron chi connectivity index (χ2n) is 7.13. The van der Waals surface area contributed by atoms with E-state index in [0.29, 0.717) is 13.0 Å². The van der Waals surface area contributed by atoms with Crippen molar-refractivity contribution in [2.75, 3.05) is 37.6 Å². The molecule has 1 amide bonds. The first-order chi connectivity index (χ1) is 13.2. The summed E-state index contributed by atoms with van der Waals surface area (Å²) in [5.41, 5.74) is 9.02. The van der Waals surface area contributed by atoms with Gasteiger partial charge in [-0.3, -0.25) is 14.7 Å². The number of primary amides is 1. The van der Waals surface area contributed by atoms with Crippen LogP contribution in [0.4, 0.5) is 5.69 Å². The van der Waals surface area contributed by atoms with E-state index >= 15 is 0 Å². The van der Waals surface area contributed by atoms with Crippen LogP contribution in [0.3, 0.4) is 0 Å². The van der Waals surface area contributed by atoms with Gasteiger partial charge in [-0.2, -0.15) is 0 Å². The molecule has 140 valence electrons. The third-order valence-electron chi connectivity index (χ3n) is 5.35. The van der Waals surface area contributed by atoms with Crippen molar-refractivity contribution < 1.29 is 4.79 Å². The van der Waals surface area contributed by atoms with Crippen molar-refractivity contribution in [2.45, 2.75) is 6.42 Å². The number of fused-ring (bicyclic) bond motifs is 1. The van der Waals surface area contributed by atoms with E-state index in [1.165, 1.54) is 16.6 Å². The van der Waals surface area contributed by atoms with Crippen molar-refractivity contribution in [3.8, 4) is 0 Å². The lowest BCUT2D eigenvalue weighted by atomic mass is 10.0. The number of nitrogens with one attached hydrogen (secondary N) is 1. The number of benzene rings is 1. The molecule has 0 aliphatic carbocycles. The van der Waals surface area contributed by atoms with Crippen molar-refractivity contribution in [1.29, 1.82) is 0 Å². The van der Waals surface area contributed by atoms with E-state index in [9.17, 15) is 4.79 Å². The van der Waals surface area contributed by atoms with Crippen molar-refractivity contribution in [3.05, 3.63) is 60.6 Å². The van der Waals surface area contributed by atoms with Gasteiger partial charge in [0.1, 0.15) is 0 Å². The maximum Gasteiger partial charge on any atom is 0.222 e. The predicted molar refractivity (Wildman–Crippen MR) is 108 cm³/mol. The number of aromatic amines is 1. The number of amides is 1. The maximum absolute atomic E-state index is 11.9. The van der Waals surface area contributed by atoms with E-state index in [1.54, 1.807) is 6.20 Å². The molecule has 3 N–H and O–H groups in total. The van der Waals surface area contributed by atoms with Gasteiger partial charge in [-0.05, 0) is 30.3 Å². The summed E-state index contributed by atoms with van der Waals surface area (Å²) in [6.45, 7) is 4.42. The number of carbonyl (C=O) groups is 1. The van der Waals surface area contributed by atoms with Gasteiger partial charge in [0.15, 0.2) is 0 Å². The number of nitrogens with two attached hydrogens (primary N) is 1. The van der Waals surface area contributed by atoms with Crippen LogP contribution in [0.1, 0.15) is 5.69 Å². The van der Waals surface area contributed by atoms with Crippen LogP contribution in [0, 0.1) is 5.92 Å². The highest BCUT2D eigenvalue weighted by molar-refractivity contribution is 5.92. The Morgan fingerprint density at radius 1 is 1.11 bits per heavy atom. The fourth-order valence-electron chi connectivity index (χ4n) is 3.85. The first kappa shape index (κ1) is 17.5. The van der Waals surface area contributed by atoms with E-state index < -0.39 is 0 Å². The Bertz CT molecular complexity index is 899. The normalized spacial score (nSPS) is 16.5. The number of hydrogen-bond donors (Lipinski definition) is 2. The molecule has 1 saturated heterocycles. The topological polar surface area (TPSA) is 78.2 Å². The smallest absolute Gasteiger partial charge is 0.222 e. The third-order valence-corrected chi connectivity index (χ3v) is 5.35. The zero-order valence-corrected chi connectivity index (χ0v) is 15.3. The van der Waals surface area contributed by atoms with Crippen LogP contribution >= 0.6 is 0 Å². The summed E-state index contributed by atoms with van der Waals surface area (Å²) in [4.78, 5) is 24.3. The minimum absolute atomic E-state index is 0.209. The third kappa shape index (κ3) is 3.95. The van der Waals surface area contributed by atoms with Gasteiger partial charge in [-0.1, -0.05) is 12.1 Å². The number of carbonyl (C=O) groups excluding carboxylic acids is 1. The summed E-state index contributed by atoms with van der Waals surface area (Å²) in [6, 6.07) is 14.3. The summed E-state index contributed by atoms with van der Waals surface area (Å²) >= 11 is 0. The Morgan fingerprint density at radius 2 is 1.96 bits per heavy atom. The predicted octanol–water partition coefficient (Wildman–Crippen LogP) is 2.03. The second kappa shape index (κ2) is 7.80. The van der Waals surface area contributed by atoms with E-state index in [4.69, 9.17) is 5.73 Å². The molecule has 1 aliphatic rings. The van der Waals surface area contributed by atoms with Gasteiger partial charge in [0.25, 0.3) is 0 Å². The van der Waals surface area contributed by atoms with Gasteiger partial charge >= 0.3 is 0 Å². The number of rotatable bonds is 6. The fraction of sp³-hybridized carbons (Fsp3) is 0.333. The highest BCUT2D eigenvalue weighted by Gasteiger charge is 2.24. The summed E-state index contributed by atoms with van der Waals surface area (Å²) in [5, 5.41) is 1.26. The number of H-pyrrole nitrogens is 1. The molecule has 0 radical (unpaired) electrons. The lowest BCUT2D eigenvalue weighted by Crippen LogP contribution is -2.49. The Balaban J connectivity index is 1.38. The van der Waals surface area contributed by atoms with Gasteiger partial charge in [0.2, 0.25) is 5.91 Å². The SMILES string of the molecule is NC(=O)[C@H](Cc1ccccn1)CN1CCN(c2cccc3[nH]ccc23)CC1. The Labute approximate surface area is 159 Å². The zero-order valence-electron chi connectivity index (χ0n) is 15.3. The van der Waals surface area contributed by atoms with Crippen LogP contribution in [0.15, 0.2) is 54.9 Å². The number of nitrogens with zero attached hydrogens (tertiary/aromatic N) is 3. The molecule has 0 saturated carbocycles. The molecule has 4 rings (SSSR count). The van der Waals surface area contributed by atoms with E-state index in [-0.39, 0.29) is 11.8 Å². The quantitative estimate of drug-likeness (QED) is 0.702. The summed E-state index contributed by atoms with van der Waals surface area (Å²) in [7, 11) is 0. The van der Waals surface area contributed by atoms with Crippen molar-refractivity contribution in [3.63, 3.8) is 0 Å². The van der Waals surface area contributed by atoms with Gasteiger partial charge in [-0.15, -0.1) is 0 Å². The number of anilines is 1. The van der Waals surface area contributed by atoms with Crippen LogP contribution in [0.5, 0.6) is 0 Å². The van der Waals surface area contributed by atoms with Crippen LogP contribution in [-0.2, 0) is 11.2 Å². The van der Waals surface area contributed by atoms with Crippen LogP contribution in [0.25, 0.3) is 10.9 Å². The van der Waals surface area contributed by atoms with Gasteiger partial charge in [0.05, 0.1) is 5.92 Å². The molecule has 0 spiro atoms. The summed E-state index contributed by atoms with van der Waals surface area (Å²) < 4.78 is 0. The molecular weight excluding hydrogens is 338 g/mol. The Hall–Kier alpha value is -2.86. The Morgan fingerprint density at radius 3 is 2.70 bits per heavy atom. The first-order valence-corrected chi connectivity index (χ1v) is 9.43. The summed E-state index contributed by atoms with van der Waals surface area (Å²) in [6.07, 6.45) is 4.34. The molecular formula is C21H25N5O. The minimum Gasteiger partial charge on any atom is -0.369 e. The van der Waals surface area contributed by atoms with Crippen molar-refractivity contribution in [2.24, 2.45) is 11.7 Å². The average molecular weight is 363 g/mol. The molecule has 1 aromatic carbocycles. The minimum atomic E-state index is -0.250. The largest absolute Gasteiger partial charge is 0.369 e. The number of pyridine rings is 1. The number of hydrogen-bond acceptors (Lipinski definition) is 4. The molecule has 2 aromatic heterocycles. The maximum atomic E-state index is 11.9. The molecule has 0 unspecified atom stereocenters. The van der Waals surface area contributed by atoms with E-state index in [1.807, 2.05) is 24.4 Å². The molecule has 3 aromatic rings. The zero-order chi connectivity index (χ0) is 18.6. The van der Waals surface area contributed by atoms with Crippen molar-refractivity contribution in [1.82, 2.24) is 14.9 Å². The molecule has 3 heterocycles. The fourth-order valence-corrected chi connectivity index (χ4v) is 3.85. The highest BCUT2D eigenvalue weighted by atomic mass is 16.1. The van der Waals surface area contributed by atoms with Gasteiger partial charge < -0.3 is 15.6 Å². The molecule has 6 nitrogen and oxygen atoms in total. The van der Waals surface area contributed by atoms with Gasteiger partial charge in [-0.25, -0.2) is 0 Å². The van der Waals surface area contributed by atoms with E-state index in [2.05, 4.69) is 44.0 Å². The molecule has 1 aliphatic heterocycles. The van der Waals surface area contributed by atoms with Gasteiger partial charge in [0, 0.05) is 73.8 Å². The standard InChI is InChI=1S/C21H25N5O/c22-21(27)16(14-17-4-1-2-8-23-17)15-25-10-12-26(13-11-25)20-6-3-5-19-18(20)7-9-24-19/h1-9,16,24H,10-15H2,(H2,22,27)/t16-/m1/s1. The highest BCUT2D eigenvalue weighted by Crippen LogP contribution is 2.27. The van der Waals surface area contributed by atoms with Crippen LogP contribution in [-0.4, -0.2) is 53.5 Å².